The molecule has 0 saturated heterocycles. The molecule has 0 saturated carbocycles. The molecule has 0 aliphatic carbocycles. The van der Waals surface area contributed by atoms with E-state index in [4.69, 9.17) is 0 Å². The number of benzene rings is 1. The quantitative estimate of drug-likeness (QED) is 0.641. The Morgan fingerprint density at radius 1 is 1.48 bits per heavy atom. The molecule has 1 unspecified atom stereocenters. The number of likely N-dealkylation sites (N-methyl/N-ethyl adjacent to an activating group) is 1. The summed E-state index contributed by atoms with van der Waals surface area (Å²) >= 11 is 0. The largest absolute Gasteiger partial charge is 0.351 e. The van der Waals surface area contributed by atoms with E-state index >= 15 is 0 Å². The number of anilines is 2. The fourth-order valence-corrected chi connectivity index (χ4v) is 2.78. The maximum Gasteiger partial charge on any atom is 0.293 e. The standard InChI is InChI=1S/C16H17N5O4/c1-8-4-14(20(3)7-17-8)16(23)19-12-6-11-10(5-13(12)21(24)25)9(2)15(22)18-11/h4-6,9H,7H2,1-3H3,(H,18,22)(H,19,23). The smallest absolute Gasteiger partial charge is 0.293 e. The lowest BCUT2D eigenvalue weighted by Gasteiger charge is -2.23. The van der Waals surface area contributed by atoms with Gasteiger partial charge in [0.2, 0.25) is 5.91 Å². The minimum Gasteiger partial charge on any atom is -0.351 e. The highest BCUT2D eigenvalue weighted by Gasteiger charge is 2.31. The second kappa shape index (κ2) is 6.00. The predicted molar refractivity (Wildman–Crippen MR) is 92.6 cm³/mol. The van der Waals surface area contributed by atoms with Gasteiger partial charge in [-0.1, -0.05) is 0 Å². The molecule has 9 heteroatoms. The van der Waals surface area contributed by atoms with Gasteiger partial charge in [-0.25, -0.2) is 0 Å². The van der Waals surface area contributed by atoms with E-state index in [1.165, 1.54) is 12.1 Å². The van der Waals surface area contributed by atoms with Gasteiger partial charge in [0.15, 0.2) is 0 Å². The normalized spacial score (nSPS) is 18.9. The van der Waals surface area contributed by atoms with Crippen molar-refractivity contribution in [1.82, 2.24) is 4.90 Å². The van der Waals surface area contributed by atoms with Crippen LogP contribution in [0.3, 0.4) is 0 Å². The van der Waals surface area contributed by atoms with E-state index in [2.05, 4.69) is 15.6 Å². The Labute approximate surface area is 143 Å². The average molecular weight is 343 g/mol. The molecule has 1 aromatic carbocycles. The monoisotopic (exact) mass is 343 g/mol. The van der Waals surface area contributed by atoms with Crippen LogP contribution >= 0.6 is 0 Å². The number of aliphatic imine (C=N–C) groups is 1. The highest BCUT2D eigenvalue weighted by atomic mass is 16.6. The second-order valence-corrected chi connectivity index (χ2v) is 6.05. The zero-order valence-electron chi connectivity index (χ0n) is 14.0. The van der Waals surface area contributed by atoms with Crippen molar-refractivity contribution in [3.63, 3.8) is 0 Å². The minimum absolute atomic E-state index is 0.0395. The van der Waals surface area contributed by atoms with Gasteiger partial charge < -0.3 is 15.5 Å². The number of allylic oxidation sites excluding steroid dienone is 1. The lowest BCUT2D eigenvalue weighted by molar-refractivity contribution is -0.384. The van der Waals surface area contributed by atoms with Crippen molar-refractivity contribution in [1.29, 1.82) is 0 Å². The number of nitrogens with zero attached hydrogens (tertiary/aromatic N) is 3. The third-order valence-electron chi connectivity index (χ3n) is 4.25. The van der Waals surface area contributed by atoms with E-state index < -0.39 is 16.7 Å². The van der Waals surface area contributed by atoms with Gasteiger partial charge in [0.1, 0.15) is 18.1 Å². The van der Waals surface area contributed by atoms with E-state index in [0.717, 1.165) is 0 Å². The fourth-order valence-electron chi connectivity index (χ4n) is 2.78. The lowest BCUT2D eigenvalue weighted by Crippen LogP contribution is -2.31. The number of rotatable bonds is 3. The summed E-state index contributed by atoms with van der Waals surface area (Å²) < 4.78 is 0. The molecule has 2 heterocycles. The molecule has 2 N–H and O–H groups in total. The zero-order chi connectivity index (χ0) is 18.3. The van der Waals surface area contributed by atoms with Crippen LogP contribution in [0.2, 0.25) is 0 Å². The molecule has 2 aliphatic heterocycles. The molecule has 2 aliphatic rings. The fraction of sp³-hybridized carbons (Fsp3) is 0.312. The van der Waals surface area contributed by atoms with Gasteiger partial charge in [0.25, 0.3) is 11.6 Å². The molecular formula is C16H17N5O4. The Bertz CT molecular complexity index is 858. The van der Waals surface area contributed by atoms with E-state index in [1.807, 2.05) is 0 Å². The first-order chi connectivity index (χ1) is 11.8. The maximum absolute atomic E-state index is 12.5. The Hall–Kier alpha value is -3.23. The summed E-state index contributed by atoms with van der Waals surface area (Å²) in [7, 11) is 1.71. The first-order valence-corrected chi connectivity index (χ1v) is 7.66. The number of hydrogen-bond donors (Lipinski definition) is 2. The second-order valence-electron chi connectivity index (χ2n) is 6.05. The summed E-state index contributed by atoms with van der Waals surface area (Å²) in [6, 6.07) is 2.76. The van der Waals surface area contributed by atoms with Gasteiger partial charge in [0, 0.05) is 24.5 Å². The van der Waals surface area contributed by atoms with Crippen LogP contribution in [0, 0.1) is 10.1 Å². The Balaban J connectivity index is 1.96. The van der Waals surface area contributed by atoms with E-state index in [-0.39, 0.29) is 17.3 Å². The molecule has 1 atom stereocenters. The third-order valence-corrected chi connectivity index (χ3v) is 4.25. The van der Waals surface area contributed by atoms with Gasteiger partial charge in [-0.2, -0.15) is 0 Å². The molecule has 3 rings (SSSR count). The van der Waals surface area contributed by atoms with Crippen LogP contribution < -0.4 is 10.6 Å². The Kier molecular flexibility index (Phi) is 3.99. The average Bonchev–Trinajstić information content (AvgIpc) is 2.82. The molecule has 0 spiro atoms. The van der Waals surface area contributed by atoms with Gasteiger partial charge in [-0.15, -0.1) is 0 Å². The van der Waals surface area contributed by atoms with Gasteiger partial charge in [-0.05, 0) is 31.6 Å². The predicted octanol–water partition coefficient (Wildman–Crippen LogP) is 1.84. The summed E-state index contributed by atoms with van der Waals surface area (Å²) in [4.78, 5) is 41.0. The number of carbonyl (C=O) groups is 2. The van der Waals surface area contributed by atoms with Gasteiger partial charge >= 0.3 is 0 Å². The van der Waals surface area contributed by atoms with Crippen molar-refractivity contribution < 1.29 is 14.5 Å². The number of nitrogens with one attached hydrogen (secondary N) is 2. The number of carbonyl (C=O) groups excluding carboxylic acids is 2. The molecule has 9 nitrogen and oxygen atoms in total. The molecule has 1 aromatic rings. The Morgan fingerprint density at radius 3 is 2.88 bits per heavy atom. The summed E-state index contributed by atoms with van der Waals surface area (Å²) in [5, 5.41) is 16.6. The van der Waals surface area contributed by atoms with Crippen molar-refractivity contribution in [2.75, 3.05) is 24.3 Å². The van der Waals surface area contributed by atoms with Crippen molar-refractivity contribution in [2.24, 2.45) is 4.99 Å². The van der Waals surface area contributed by atoms with Crippen LogP contribution in [0.25, 0.3) is 0 Å². The number of fused-ring (bicyclic) bond motifs is 1. The molecule has 0 bridgehead atoms. The highest BCUT2D eigenvalue weighted by molar-refractivity contribution is 6.10. The molecule has 25 heavy (non-hydrogen) atoms. The summed E-state index contributed by atoms with van der Waals surface area (Å²) in [6.45, 7) is 3.78. The Morgan fingerprint density at radius 2 is 2.20 bits per heavy atom. The zero-order valence-corrected chi connectivity index (χ0v) is 14.0. The highest BCUT2D eigenvalue weighted by Crippen LogP contribution is 2.39. The van der Waals surface area contributed by atoms with Crippen LogP contribution in [-0.4, -0.2) is 41.1 Å². The first kappa shape index (κ1) is 16.6. The van der Waals surface area contributed by atoms with Crippen LogP contribution in [0.1, 0.15) is 25.3 Å². The van der Waals surface area contributed by atoms with Crippen molar-refractivity contribution in [3.05, 3.63) is 39.6 Å². The lowest BCUT2D eigenvalue weighted by atomic mass is 10.0. The molecule has 0 fully saturated rings. The maximum atomic E-state index is 12.5. The van der Waals surface area contributed by atoms with E-state index in [0.29, 0.717) is 29.3 Å². The van der Waals surface area contributed by atoms with Crippen LogP contribution in [-0.2, 0) is 9.59 Å². The van der Waals surface area contributed by atoms with Crippen LogP contribution in [0.5, 0.6) is 0 Å². The number of amides is 2. The van der Waals surface area contributed by atoms with Gasteiger partial charge in [-0.3, -0.25) is 24.7 Å². The minimum atomic E-state index is -0.572. The molecule has 130 valence electrons. The number of nitro groups is 1. The van der Waals surface area contributed by atoms with Crippen molar-refractivity contribution >= 4 is 34.6 Å². The summed E-state index contributed by atoms with van der Waals surface area (Å²) in [5.41, 5.74) is 1.87. The van der Waals surface area contributed by atoms with Gasteiger partial charge in [0.05, 0.1) is 10.8 Å². The summed E-state index contributed by atoms with van der Waals surface area (Å²) in [5.74, 6) is -1.17. The van der Waals surface area contributed by atoms with E-state index in [1.54, 1.807) is 31.9 Å². The van der Waals surface area contributed by atoms with Crippen molar-refractivity contribution in [3.8, 4) is 0 Å². The first-order valence-electron chi connectivity index (χ1n) is 7.66. The SMILES string of the molecule is CC1=NCN(C)C(C(=O)Nc2cc3c(cc2[N+](=O)[O-])C(C)C(=O)N3)=C1. The number of hydrogen-bond acceptors (Lipinski definition) is 6. The van der Waals surface area contributed by atoms with E-state index in [9.17, 15) is 19.7 Å². The van der Waals surface area contributed by atoms with Crippen LogP contribution in [0.4, 0.5) is 17.1 Å². The molecular weight excluding hydrogens is 326 g/mol. The molecule has 2 amide bonds. The number of nitro benzene ring substituents is 1. The molecule has 0 aromatic heterocycles. The summed E-state index contributed by atoms with van der Waals surface area (Å²) in [6.07, 6.45) is 1.61. The molecule has 0 radical (unpaired) electrons. The van der Waals surface area contributed by atoms with Crippen molar-refractivity contribution in [2.45, 2.75) is 19.8 Å². The van der Waals surface area contributed by atoms with Crippen LogP contribution in [0.15, 0.2) is 28.9 Å². The topological polar surface area (TPSA) is 117 Å². The third kappa shape index (κ3) is 2.95.